The van der Waals surface area contributed by atoms with Crippen LogP contribution in [0, 0.1) is 13.8 Å². The Bertz CT molecular complexity index is 925. The van der Waals surface area contributed by atoms with Crippen molar-refractivity contribution in [3.63, 3.8) is 0 Å². The van der Waals surface area contributed by atoms with Gasteiger partial charge in [-0.3, -0.25) is 14.2 Å². The van der Waals surface area contributed by atoms with Gasteiger partial charge in [-0.1, -0.05) is 71.5 Å². The van der Waals surface area contributed by atoms with Gasteiger partial charge in [0.1, 0.15) is 4.88 Å². The lowest BCUT2D eigenvalue weighted by molar-refractivity contribution is 0.0954. The van der Waals surface area contributed by atoms with E-state index in [1.54, 1.807) is 4.57 Å². The van der Waals surface area contributed by atoms with E-state index in [2.05, 4.69) is 5.32 Å². The van der Waals surface area contributed by atoms with Crippen LogP contribution in [0.3, 0.4) is 0 Å². The van der Waals surface area contributed by atoms with Crippen LogP contribution >= 0.6 is 11.3 Å². The Morgan fingerprint density at radius 1 is 1.00 bits per heavy atom. The number of nitrogens with zero attached hydrogens (tertiary/aromatic N) is 1. The number of aromatic nitrogens is 1. The van der Waals surface area contributed by atoms with Crippen molar-refractivity contribution >= 4 is 17.2 Å². The Hall–Kier alpha value is -2.66. The summed E-state index contributed by atoms with van der Waals surface area (Å²) in [6.07, 6.45) is 0. The SMILES string of the molecule is Cc1ccc(Cn2c(C)c(C(=O)NCc3ccccc3)sc2=O)cc1. The molecule has 128 valence electrons. The summed E-state index contributed by atoms with van der Waals surface area (Å²) in [5, 5.41) is 2.89. The molecule has 0 atom stereocenters. The maximum Gasteiger partial charge on any atom is 0.308 e. The lowest BCUT2D eigenvalue weighted by atomic mass is 10.1. The molecule has 3 aromatic rings. The molecule has 0 radical (unpaired) electrons. The van der Waals surface area contributed by atoms with E-state index in [-0.39, 0.29) is 10.8 Å². The lowest BCUT2D eigenvalue weighted by Crippen LogP contribution is -2.23. The molecule has 0 saturated carbocycles. The van der Waals surface area contributed by atoms with E-state index in [1.807, 2.05) is 68.4 Å². The third kappa shape index (κ3) is 4.06. The van der Waals surface area contributed by atoms with Crippen LogP contribution in [0.5, 0.6) is 0 Å². The maximum atomic E-state index is 12.4. The van der Waals surface area contributed by atoms with Crippen LogP contribution in [-0.4, -0.2) is 10.5 Å². The highest BCUT2D eigenvalue weighted by atomic mass is 32.1. The van der Waals surface area contributed by atoms with E-state index in [4.69, 9.17) is 0 Å². The van der Waals surface area contributed by atoms with Crippen molar-refractivity contribution in [1.82, 2.24) is 9.88 Å². The molecule has 1 aromatic heterocycles. The number of amides is 1. The molecule has 1 amide bonds. The fraction of sp³-hybridized carbons (Fsp3) is 0.200. The lowest BCUT2D eigenvalue weighted by Gasteiger charge is -2.07. The molecule has 0 aliphatic heterocycles. The van der Waals surface area contributed by atoms with Gasteiger partial charge in [-0.2, -0.15) is 0 Å². The molecule has 0 unspecified atom stereocenters. The summed E-state index contributed by atoms with van der Waals surface area (Å²) in [5.74, 6) is -0.203. The third-order valence-electron chi connectivity index (χ3n) is 4.11. The number of rotatable bonds is 5. The fourth-order valence-electron chi connectivity index (χ4n) is 2.60. The minimum Gasteiger partial charge on any atom is -0.347 e. The molecule has 1 heterocycles. The second kappa shape index (κ2) is 7.49. The summed E-state index contributed by atoms with van der Waals surface area (Å²) < 4.78 is 1.66. The Morgan fingerprint density at radius 3 is 2.36 bits per heavy atom. The summed E-state index contributed by atoms with van der Waals surface area (Å²) >= 11 is 1.00. The zero-order chi connectivity index (χ0) is 17.8. The first kappa shape index (κ1) is 17.2. The molecule has 2 aromatic carbocycles. The number of carbonyl (C=O) groups is 1. The van der Waals surface area contributed by atoms with Crippen LogP contribution in [0.1, 0.15) is 32.1 Å². The summed E-state index contributed by atoms with van der Waals surface area (Å²) in [5.41, 5.74) is 3.96. The predicted octanol–water partition coefficient (Wildman–Crippen LogP) is 3.50. The highest BCUT2D eigenvalue weighted by molar-refractivity contribution is 7.11. The van der Waals surface area contributed by atoms with Crippen molar-refractivity contribution in [3.05, 3.63) is 91.5 Å². The van der Waals surface area contributed by atoms with Crippen LogP contribution in [0.4, 0.5) is 0 Å². The van der Waals surface area contributed by atoms with Crippen LogP contribution in [0.15, 0.2) is 59.4 Å². The van der Waals surface area contributed by atoms with Gasteiger partial charge in [-0.25, -0.2) is 0 Å². The van der Waals surface area contributed by atoms with Crippen molar-refractivity contribution in [2.45, 2.75) is 26.9 Å². The number of nitrogens with one attached hydrogen (secondary N) is 1. The second-order valence-electron chi connectivity index (χ2n) is 6.02. The minimum absolute atomic E-state index is 0.108. The summed E-state index contributed by atoms with van der Waals surface area (Å²) in [7, 11) is 0. The van der Waals surface area contributed by atoms with Crippen molar-refractivity contribution in [1.29, 1.82) is 0 Å². The van der Waals surface area contributed by atoms with E-state index >= 15 is 0 Å². The first-order chi connectivity index (χ1) is 12.0. The van der Waals surface area contributed by atoms with Crippen molar-refractivity contribution in [2.24, 2.45) is 0 Å². The van der Waals surface area contributed by atoms with Gasteiger partial charge in [0.05, 0.1) is 6.54 Å². The normalized spacial score (nSPS) is 10.6. The molecule has 0 saturated heterocycles. The third-order valence-corrected chi connectivity index (χ3v) is 5.19. The zero-order valence-corrected chi connectivity index (χ0v) is 15.1. The van der Waals surface area contributed by atoms with Crippen LogP contribution in [-0.2, 0) is 13.1 Å². The summed E-state index contributed by atoms with van der Waals surface area (Å²) in [4.78, 5) is 25.1. The van der Waals surface area contributed by atoms with Gasteiger partial charge in [0.15, 0.2) is 0 Å². The van der Waals surface area contributed by atoms with Gasteiger partial charge >= 0.3 is 4.87 Å². The first-order valence-corrected chi connectivity index (χ1v) is 8.94. The number of carbonyl (C=O) groups excluding carboxylic acids is 1. The smallest absolute Gasteiger partial charge is 0.308 e. The molecule has 3 rings (SSSR count). The Balaban J connectivity index is 1.75. The van der Waals surface area contributed by atoms with Gasteiger partial charge < -0.3 is 5.32 Å². The molecule has 0 aliphatic rings. The Kier molecular flexibility index (Phi) is 5.14. The molecule has 0 aliphatic carbocycles. The van der Waals surface area contributed by atoms with E-state index in [9.17, 15) is 9.59 Å². The topological polar surface area (TPSA) is 51.1 Å². The molecular weight excluding hydrogens is 332 g/mol. The maximum absolute atomic E-state index is 12.4. The van der Waals surface area contributed by atoms with Crippen molar-refractivity contribution in [3.8, 4) is 0 Å². The molecule has 5 heteroatoms. The van der Waals surface area contributed by atoms with Crippen LogP contribution in [0.25, 0.3) is 0 Å². The molecule has 4 nitrogen and oxygen atoms in total. The average Bonchev–Trinajstić information content (AvgIpc) is 2.90. The monoisotopic (exact) mass is 352 g/mol. The quantitative estimate of drug-likeness (QED) is 0.764. The second-order valence-corrected chi connectivity index (χ2v) is 6.98. The largest absolute Gasteiger partial charge is 0.347 e. The molecule has 1 N–H and O–H groups in total. The predicted molar refractivity (Wildman–Crippen MR) is 101 cm³/mol. The standard InChI is InChI=1S/C20H20N2O2S/c1-14-8-10-17(11-9-14)13-22-15(2)18(25-20(22)24)19(23)21-12-16-6-4-3-5-7-16/h3-11H,12-13H2,1-2H3,(H,21,23). The Labute approximate surface area is 150 Å². The Morgan fingerprint density at radius 2 is 1.68 bits per heavy atom. The number of benzene rings is 2. The number of hydrogen-bond donors (Lipinski definition) is 1. The average molecular weight is 352 g/mol. The van der Waals surface area contributed by atoms with E-state index in [0.29, 0.717) is 23.7 Å². The first-order valence-electron chi connectivity index (χ1n) is 8.12. The summed E-state index contributed by atoms with van der Waals surface area (Å²) in [6.45, 7) is 4.78. The van der Waals surface area contributed by atoms with Gasteiger partial charge in [-0.15, -0.1) is 0 Å². The highest BCUT2D eigenvalue weighted by Crippen LogP contribution is 2.14. The van der Waals surface area contributed by atoms with Gasteiger partial charge in [0.25, 0.3) is 5.91 Å². The van der Waals surface area contributed by atoms with Crippen LogP contribution in [0.2, 0.25) is 0 Å². The minimum atomic E-state index is -0.203. The van der Waals surface area contributed by atoms with Crippen molar-refractivity contribution in [2.75, 3.05) is 0 Å². The van der Waals surface area contributed by atoms with Gasteiger partial charge in [0.2, 0.25) is 0 Å². The number of hydrogen-bond acceptors (Lipinski definition) is 3. The van der Waals surface area contributed by atoms with Crippen LogP contribution < -0.4 is 10.2 Å². The molecule has 0 fully saturated rings. The van der Waals surface area contributed by atoms with E-state index in [1.165, 1.54) is 5.56 Å². The van der Waals surface area contributed by atoms with E-state index in [0.717, 1.165) is 22.5 Å². The molecule has 0 bridgehead atoms. The molecule has 0 spiro atoms. The summed E-state index contributed by atoms with van der Waals surface area (Å²) in [6, 6.07) is 17.8. The zero-order valence-electron chi connectivity index (χ0n) is 14.3. The molecular formula is C20H20N2O2S. The van der Waals surface area contributed by atoms with Gasteiger partial charge in [0, 0.05) is 12.2 Å². The molecule has 25 heavy (non-hydrogen) atoms. The van der Waals surface area contributed by atoms with Crippen molar-refractivity contribution < 1.29 is 4.79 Å². The highest BCUT2D eigenvalue weighted by Gasteiger charge is 2.17. The van der Waals surface area contributed by atoms with Gasteiger partial charge in [-0.05, 0) is 25.0 Å². The van der Waals surface area contributed by atoms with E-state index < -0.39 is 0 Å². The number of aryl methyl sites for hydroxylation is 1. The number of thiazole rings is 1. The fourth-order valence-corrected chi connectivity index (χ4v) is 3.51.